The fourth-order valence-corrected chi connectivity index (χ4v) is 4.19. The van der Waals surface area contributed by atoms with E-state index in [9.17, 15) is 9.59 Å². The molecule has 1 fully saturated rings. The van der Waals surface area contributed by atoms with Gasteiger partial charge in [-0.25, -0.2) is 4.98 Å². The molecular weight excluding hydrogens is 392 g/mol. The van der Waals surface area contributed by atoms with E-state index in [2.05, 4.69) is 20.5 Å². The summed E-state index contributed by atoms with van der Waals surface area (Å²) in [5.74, 6) is 1.34. The van der Waals surface area contributed by atoms with Crippen molar-refractivity contribution in [3.05, 3.63) is 29.3 Å². The van der Waals surface area contributed by atoms with Crippen LogP contribution >= 0.6 is 11.3 Å². The first-order valence-electron chi connectivity index (χ1n) is 9.72. The Kier molecular flexibility index (Phi) is 5.96. The number of hydrogen-bond acceptors (Lipinski definition) is 7. The molecule has 8 nitrogen and oxygen atoms in total. The summed E-state index contributed by atoms with van der Waals surface area (Å²) >= 11 is 1.45. The van der Waals surface area contributed by atoms with E-state index in [0.717, 1.165) is 31.6 Å². The van der Waals surface area contributed by atoms with Crippen molar-refractivity contribution in [2.75, 3.05) is 37.1 Å². The van der Waals surface area contributed by atoms with E-state index in [-0.39, 0.29) is 24.5 Å². The first-order chi connectivity index (χ1) is 14.1. The number of carbonyl (C=O) groups is 2. The van der Waals surface area contributed by atoms with E-state index in [1.807, 2.05) is 12.3 Å². The summed E-state index contributed by atoms with van der Waals surface area (Å²) < 4.78 is 10.6. The SMILES string of the molecule is Cc1csc(NC(=O)C2CCN(CCC(=O)Nc3ccc4c(c3)OCO4)CC2)n1. The van der Waals surface area contributed by atoms with Crippen molar-refractivity contribution in [3.8, 4) is 11.5 Å². The Morgan fingerprint density at radius 3 is 2.76 bits per heavy atom. The molecule has 1 aromatic heterocycles. The van der Waals surface area contributed by atoms with Gasteiger partial charge >= 0.3 is 0 Å². The molecule has 154 valence electrons. The number of carbonyl (C=O) groups excluding carboxylic acids is 2. The number of aryl methyl sites for hydroxylation is 1. The molecule has 0 bridgehead atoms. The Labute approximate surface area is 173 Å². The average molecular weight is 417 g/mol. The second-order valence-corrected chi connectivity index (χ2v) is 8.12. The van der Waals surface area contributed by atoms with E-state index in [0.29, 0.717) is 35.3 Å². The van der Waals surface area contributed by atoms with Crippen molar-refractivity contribution >= 4 is 34.0 Å². The number of rotatable bonds is 6. The standard InChI is InChI=1S/C20H24N4O4S/c1-13-11-29-20(21-13)23-19(26)14-4-7-24(8-5-14)9-6-18(25)22-15-2-3-16-17(10-15)28-12-27-16/h2-3,10-11,14H,4-9,12H2,1H3,(H,22,25)(H,21,23,26). The van der Waals surface area contributed by atoms with E-state index in [4.69, 9.17) is 9.47 Å². The van der Waals surface area contributed by atoms with Gasteiger partial charge in [0.2, 0.25) is 18.6 Å². The maximum atomic E-state index is 12.4. The van der Waals surface area contributed by atoms with Gasteiger partial charge in [-0.3, -0.25) is 9.59 Å². The van der Waals surface area contributed by atoms with Gasteiger partial charge in [-0.15, -0.1) is 11.3 Å². The Morgan fingerprint density at radius 1 is 1.21 bits per heavy atom. The van der Waals surface area contributed by atoms with Gasteiger partial charge in [0.15, 0.2) is 16.6 Å². The molecular formula is C20H24N4O4S. The number of aromatic nitrogens is 1. The van der Waals surface area contributed by atoms with Crippen LogP contribution in [0, 0.1) is 12.8 Å². The number of piperidine rings is 1. The topological polar surface area (TPSA) is 92.8 Å². The molecule has 0 radical (unpaired) electrons. The number of nitrogens with one attached hydrogen (secondary N) is 2. The highest BCUT2D eigenvalue weighted by Crippen LogP contribution is 2.34. The first kappa shape index (κ1) is 19.7. The molecule has 0 unspecified atom stereocenters. The van der Waals surface area contributed by atoms with Gasteiger partial charge in [-0.1, -0.05) is 0 Å². The summed E-state index contributed by atoms with van der Waals surface area (Å²) in [6.45, 7) is 4.42. The van der Waals surface area contributed by atoms with Gasteiger partial charge < -0.3 is 25.0 Å². The normalized spacial score (nSPS) is 16.6. The summed E-state index contributed by atoms with van der Waals surface area (Å²) in [7, 11) is 0. The van der Waals surface area contributed by atoms with Crippen LogP contribution in [0.3, 0.4) is 0 Å². The molecule has 0 aliphatic carbocycles. The second-order valence-electron chi connectivity index (χ2n) is 7.27. The van der Waals surface area contributed by atoms with Crippen molar-refractivity contribution in [2.45, 2.75) is 26.2 Å². The number of anilines is 2. The lowest BCUT2D eigenvalue weighted by Gasteiger charge is -2.30. The van der Waals surface area contributed by atoms with Gasteiger partial charge in [0.1, 0.15) is 0 Å². The predicted octanol–water partition coefficient (Wildman–Crippen LogP) is 2.86. The molecule has 0 atom stereocenters. The molecule has 1 saturated heterocycles. The third kappa shape index (κ3) is 5.04. The molecule has 9 heteroatoms. The van der Waals surface area contributed by atoms with Gasteiger partial charge in [-0.05, 0) is 45.0 Å². The molecule has 2 aliphatic rings. The quantitative estimate of drug-likeness (QED) is 0.752. The third-order valence-corrected chi connectivity index (χ3v) is 5.99. The molecule has 0 spiro atoms. The molecule has 4 rings (SSSR count). The monoisotopic (exact) mass is 416 g/mol. The minimum absolute atomic E-state index is 0.00193. The Bertz CT molecular complexity index is 892. The maximum absolute atomic E-state index is 12.4. The number of thiazole rings is 1. The van der Waals surface area contributed by atoms with Crippen LogP contribution in [-0.2, 0) is 9.59 Å². The summed E-state index contributed by atoms with van der Waals surface area (Å²) in [6, 6.07) is 5.37. The minimum Gasteiger partial charge on any atom is -0.454 e. The lowest BCUT2D eigenvalue weighted by molar-refractivity contribution is -0.121. The number of ether oxygens (including phenoxy) is 2. The predicted molar refractivity (Wildman–Crippen MR) is 110 cm³/mol. The summed E-state index contributed by atoms with van der Waals surface area (Å²) in [6.07, 6.45) is 1.99. The van der Waals surface area contributed by atoms with Crippen LogP contribution in [0.25, 0.3) is 0 Å². The highest BCUT2D eigenvalue weighted by atomic mass is 32.1. The van der Waals surface area contributed by atoms with Gasteiger partial charge in [-0.2, -0.15) is 0 Å². The van der Waals surface area contributed by atoms with Crippen LogP contribution < -0.4 is 20.1 Å². The summed E-state index contributed by atoms with van der Waals surface area (Å²) in [4.78, 5) is 31.2. The summed E-state index contributed by atoms with van der Waals surface area (Å²) in [5, 5.41) is 8.39. The van der Waals surface area contributed by atoms with Gasteiger partial charge in [0.25, 0.3) is 0 Å². The number of amides is 2. The van der Waals surface area contributed by atoms with Crippen molar-refractivity contribution in [1.82, 2.24) is 9.88 Å². The fourth-order valence-electron chi connectivity index (χ4n) is 3.50. The number of likely N-dealkylation sites (tertiary alicyclic amines) is 1. The lowest BCUT2D eigenvalue weighted by atomic mass is 9.96. The van der Waals surface area contributed by atoms with E-state index < -0.39 is 0 Å². The first-order valence-corrected chi connectivity index (χ1v) is 10.6. The van der Waals surface area contributed by atoms with Gasteiger partial charge in [0.05, 0.1) is 5.69 Å². The van der Waals surface area contributed by atoms with Gasteiger partial charge in [0, 0.05) is 36.0 Å². The van der Waals surface area contributed by atoms with Crippen LogP contribution in [-0.4, -0.2) is 48.1 Å². The Balaban J connectivity index is 1.18. The minimum atomic E-state index is -0.0390. The largest absolute Gasteiger partial charge is 0.454 e. The molecule has 29 heavy (non-hydrogen) atoms. The highest BCUT2D eigenvalue weighted by molar-refractivity contribution is 7.13. The maximum Gasteiger partial charge on any atom is 0.231 e. The highest BCUT2D eigenvalue weighted by Gasteiger charge is 2.25. The zero-order valence-corrected chi connectivity index (χ0v) is 17.1. The average Bonchev–Trinajstić information content (AvgIpc) is 3.35. The fraction of sp³-hybridized carbons (Fsp3) is 0.450. The number of benzene rings is 1. The van der Waals surface area contributed by atoms with Crippen LogP contribution in [0.2, 0.25) is 0 Å². The van der Waals surface area contributed by atoms with Crippen LogP contribution in [0.15, 0.2) is 23.6 Å². The Morgan fingerprint density at radius 2 is 2.00 bits per heavy atom. The smallest absolute Gasteiger partial charge is 0.231 e. The van der Waals surface area contributed by atoms with E-state index in [1.54, 1.807) is 18.2 Å². The Hall–Kier alpha value is -2.65. The van der Waals surface area contributed by atoms with Crippen molar-refractivity contribution < 1.29 is 19.1 Å². The van der Waals surface area contributed by atoms with Crippen molar-refractivity contribution in [1.29, 1.82) is 0 Å². The number of hydrogen-bond donors (Lipinski definition) is 2. The van der Waals surface area contributed by atoms with Crippen molar-refractivity contribution in [2.24, 2.45) is 5.92 Å². The van der Waals surface area contributed by atoms with Crippen LogP contribution in [0.1, 0.15) is 25.0 Å². The third-order valence-electron chi connectivity index (χ3n) is 5.12. The van der Waals surface area contributed by atoms with E-state index >= 15 is 0 Å². The molecule has 2 N–H and O–H groups in total. The second kappa shape index (κ2) is 8.79. The summed E-state index contributed by atoms with van der Waals surface area (Å²) in [5.41, 5.74) is 1.62. The number of fused-ring (bicyclic) bond motifs is 1. The number of nitrogens with zero attached hydrogens (tertiary/aromatic N) is 2. The molecule has 3 heterocycles. The van der Waals surface area contributed by atoms with Crippen LogP contribution in [0.5, 0.6) is 11.5 Å². The van der Waals surface area contributed by atoms with Crippen LogP contribution in [0.4, 0.5) is 10.8 Å². The molecule has 0 saturated carbocycles. The van der Waals surface area contributed by atoms with Crippen molar-refractivity contribution in [3.63, 3.8) is 0 Å². The molecule has 1 aromatic carbocycles. The lowest BCUT2D eigenvalue weighted by Crippen LogP contribution is -2.39. The molecule has 2 amide bonds. The zero-order valence-electron chi connectivity index (χ0n) is 16.3. The van der Waals surface area contributed by atoms with E-state index in [1.165, 1.54) is 11.3 Å². The molecule has 2 aliphatic heterocycles. The zero-order chi connectivity index (χ0) is 20.2. The molecule has 2 aromatic rings.